The van der Waals surface area contributed by atoms with Gasteiger partial charge in [0.2, 0.25) is 0 Å². The van der Waals surface area contributed by atoms with Crippen LogP contribution in [0.4, 0.5) is 4.39 Å². The Labute approximate surface area is 167 Å². The summed E-state index contributed by atoms with van der Waals surface area (Å²) in [5.74, 6) is -1.00. The summed E-state index contributed by atoms with van der Waals surface area (Å²) >= 11 is 0. The van der Waals surface area contributed by atoms with Crippen LogP contribution in [0.15, 0.2) is 36.4 Å². The normalized spacial score (nSPS) is 15.7. The molecular formula is C21H23FN4O3. The molecule has 1 saturated heterocycles. The van der Waals surface area contributed by atoms with Gasteiger partial charge >= 0.3 is 5.97 Å². The third kappa shape index (κ3) is 4.07. The molecule has 7 nitrogen and oxygen atoms in total. The maximum Gasteiger partial charge on any atom is 0.335 e. The van der Waals surface area contributed by atoms with E-state index >= 15 is 0 Å². The molecular weight excluding hydrogens is 375 g/mol. The Hall–Kier alpha value is -3.00. The van der Waals surface area contributed by atoms with E-state index in [1.165, 1.54) is 6.07 Å². The van der Waals surface area contributed by atoms with Gasteiger partial charge < -0.3 is 9.84 Å². The van der Waals surface area contributed by atoms with Gasteiger partial charge in [0.15, 0.2) is 11.6 Å². The SMILES string of the molecule is CCOc1cc(CN2CCC(n3nnc4cc(C(=O)O)ccc43)CC2)ccc1F. The number of hydrogen-bond acceptors (Lipinski definition) is 5. The summed E-state index contributed by atoms with van der Waals surface area (Å²) in [6.45, 7) is 4.80. The van der Waals surface area contributed by atoms with Gasteiger partial charge in [0.25, 0.3) is 0 Å². The number of benzene rings is 2. The van der Waals surface area contributed by atoms with Crippen LogP contribution in [0.5, 0.6) is 5.75 Å². The lowest BCUT2D eigenvalue weighted by Gasteiger charge is -2.32. The fourth-order valence-corrected chi connectivity index (χ4v) is 3.84. The standard InChI is InChI=1S/C21H23FN4O3/c1-2-29-20-11-14(3-5-17(20)22)13-25-9-7-16(8-10-25)26-19-6-4-15(21(27)28)12-18(19)23-24-26/h3-6,11-12,16H,2,7-10,13H2,1H3,(H,27,28). The predicted octanol–water partition coefficient (Wildman–Crippen LogP) is 3.50. The minimum absolute atomic E-state index is 0.213. The third-order valence-corrected chi connectivity index (χ3v) is 5.32. The zero-order chi connectivity index (χ0) is 20.4. The van der Waals surface area contributed by atoms with E-state index in [4.69, 9.17) is 9.84 Å². The molecule has 1 fully saturated rings. The number of hydrogen-bond donors (Lipinski definition) is 1. The van der Waals surface area contributed by atoms with E-state index in [9.17, 15) is 9.18 Å². The number of likely N-dealkylation sites (tertiary alicyclic amines) is 1. The van der Waals surface area contributed by atoms with Crippen LogP contribution in [0.1, 0.15) is 41.7 Å². The van der Waals surface area contributed by atoms with Gasteiger partial charge in [0.1, 0.15) is 5.52 Å². The number of fused-ring (bicyclic) bond motifs is 1. The molecule has 4 rings (SSSR count). The Morgan fingerprint density at radius 2 is 2.03 bits per heavy atom. The number of rotatable bonds is 6. The first-order valence-electron chi connectivity index (χ1n) is 9.77. The van der Waals surface area contributed by atoms with Gasteiger partial charge in [-0.1, -0.05) is 11.3 Å². The average Bonchev–Trinajstić information content (AvgIpc) is 3.14. The maximum atomic E-state index is 13.8. The summed E-state index contributed by atoms with van der Waals surface area (Å²) in [5.41, 5.74) is 2.70. The number of carboxylic acids is 1. The highest BCUT2D eigenvalue weighted by atomic mass is 19.1. The molecule has 2 heterocycles. The van der Waals surface area contributed by atoms with Crippen molar-refractivity contribution in [2.45, 2.75) is 32.4 Å². The van der Waals surface area contributed by atoms with Crippen molar-refractivity contribution in [1.82, 2.24) is 19.9 Å². The van der Waals surface area contributed by atoms with Crippen LogP contribution in [0, 0.1) is 5.82 Å². The average molecular weight is 398 g/mol. The van der Waals surface area contributed by atoms with Crippen molar-refractivity contribution in [3.8, 4) is 5.75 Å². The van der Waals surface area contributed by atoms with Crippen molar-refractivity contribution < 1.29 is 19.0 Å². The molecule has 3 aromatic rings. The molecule has 1 N–H and O–H groups in total. The van der Waals surface area contributed by atoms with E-state index in [0.717, 1.165) is 43.6 Å². The molecule has 29 heavy (non-hydrogen) atoms. The van der Waals surface area contributed by atoms with E-state index in [0.29, 0.717) is 17.9 Å². The van der Waals surface area contributed by atoms with Crippen LogP contribution >= 0.6 is 0 Å². The smallest absolute Gasteiger partial charge is 0.335 e. The first-order chi connectivity index (χ1) is 14.0. The van der Waals surface area contributed by atoms with Crippen LogP contribution in [0.3, 0.4) is 0 Å². The van der Waals surface area contributed by atoms with Gasteiger partial charge in [-0.05, 0) is 55.7 Å². The van der Waals surface area contributed by atoms with E-state index in [1.54, 1.807) is 30.3 Å². The second-order valence-electron chi connectivity index (χ2n) is 7.25. The largest absolute Gasteiger partial charge is 0.491 e. The van der Waals surface area contributed by atoms with Crippen molar-refractivity contribution in [1.29, 1.82) is 0 Å². The molecule has 1 aliphatic heterocycles. The second-order valence-corrected chi connectivity index (χ2v) is 7.25. The Morgan fingerprint density at radius 1 is 1.24 bits per heavy atom. The first kappa shape index (κ1) is 19.3. The van der Waals surface area contributed by atoms with Crippen LogP contribution < -0.4 is 4.74 Å². The fourth-order valence-electron chi connectivity index (χ4n) is 3.84. The number of carbonyl (C=O) groups is 1. The van der Waals surface area contributed by atoms with Crippen molar-refractivity contribution in [3.63, 3.8) is 0 Å². The molecule has 0 amide bonds. The molecule has 0 bridgehead atoms. The topological polar surface area (TPSA) is 80.5 Å². The highest BCUT2D eigenvalue weighted by Gasteiger charge is 2.23. The summed E-state index contributed by atoms with van der Waals surface area (Å²) in [4.78, 5) is 13.5. The lowest BCUT2D eigenvalue weighted by Crippen LogP contribution is -2.34. The van der Waals surface area contributed by atoms with E-state index in [2.05, 4.69) is 15.2 Å². The van der Waals surface area contributed by atoms with Crippen LogP contribution in [-0.4, -0.2) is 50.7 Å². The van der Waals surface area contributed by atoms with E-state index in [-0.39, 0.29) is 17.4 Å². The molecule has 0 unspecified atom stereocenters. The molecule has 0 aliphatic carbocycles. The summed E-state index contributed by atoms with van der Waals surface area (Å²) < 4.78 is 21.0. The molecule has 152 valence electrons. The molecule has 0 spiro atoms. The van der Waals surface area contributed by atoms with Crippen LogP contribution in [0.25, 0.3) is 11.0 Å². The number of halogens is 1. The van der Waals surface area contributed by atoms with Gasteiger partial charge in [0, 0.05) is 19.6 Å². The Kier molecular flexibility index (Phi) is 5.44. The van der Waals surface area contributed by atoms with Crippen LogP contribution in [0.2, 0.25) is 0 Å². The monoisotopic (exact) mass is 398 g/mol. The first-order valence-corrected chi connectivity index (χ1v) is 9.77. The summed E-state index contributed by atoms with van der Waals surface area (Å²) in [7, 11) is 0. The summed E-state index contributed by atoms with van der Waals surface area (Å²) in [6.07, 6.45) is 1.83. The third-order valence-electron chi connectivity index (χ3n) is 5.32. The van der Waals surface area contributed by atoms with E-state index in [1.807, 2.05) is 11.6 Å². The molecule has 1 aliphatic rings. The molecule has 0 saturated carbocycles. The maximum absolute atomic E-state index is 13.8. The zero-order valence-electron chi connectivity index (χ0n) is 16.2. The zero-order valence-corrected chi connectivity index (χ0v) is 16.2. The molecule has 0 atom stereocenters. The molecule has 2 aromatic carbocycles. The van der Waals surface area contributed by atoms with Gasteiger partial charge in [-0.3, -0.25) is 4.90 Å². The highest BCUT2D eigenvalue weighted by Crippen LogP contribution is 2.27. The minimum atomic E-state index is -0.969. The van der Waals surface area contributed by atoms with E-state index < -0.39 is 5.97 Å². The van der Waals surface area contributed by atoms with Crippen molar-refractivity contribution in [2.75, 3.05) is 19.7 Å². The highest BCUT2D eigenvalue weighted by molar-refractivity contribution is 5.92. The Balaban J connectivity index is 1.41. The van der Waals surface area contributed by atoms with Crippen molar-refractivity contribution in [2.24, 2.45) is 0 Å². The number of piperidine rings is 1. The van der Waals surface area contributed by atoms with Gasteiger partial charge in [-0.15, -0.1) is 5.10 Å². The van der Waals surface area contributed by atoms with Gasteiger partial charge in [-0.2, -0.15) is 0 Å². The van der Waals surface area contributed by atoms with Crippen molar-refractivity contribution in [3.05, 3.63) is 53.3 Å². The van der Waals surface area contributed by atoms with Crippen LogP contribution in [-0.2, 0) is 6.54 Å². The number of nitrogens with zero attached hydrogens (tertiary/aromatic N) is 4. The summed E-state index contributed by atoms with van der Waals surface area (Å²) in [6, 6.07) is 10.2. The number of carboxylic acid groups (broad SMARTS) is 1. The summed E-state index contributed by atoms with van der Waals surface area (Å²) in [5, 5.41) is 17.5. The van der Waals surface area contributed by atoms with Gasteiger partial charge in [-0.25, -0.2) is 13.9 Å². The molecule has 1 aromatic heterocycles. The fraction of sp³-hybridized carbons (Fsp3) is 0.381. The minimum Gasteiger partial charge on any atom is -0.491 e. The quantitative estimate of drug-likeness (QED) is 0.685. The lowest BCUT2D eigenvalue weighted by molar-refractivity contribution is 0.0697. The number of aromatic carboxylic acids is 1. The Bertz CT molecular complexity index is 1030. The van der Waals surface area contributed by atoms with Crippen molar-refractivity contribution >= 4 is 17.0 Å². The Morgan fingerprint density at radius 3 is 2.76 bits per heavy atom. The van der Waals surface area contributed by atoms with Gasteiger partial charge in [0.05, 0.1) is 23.7 Å². The number of aromatic nitrogens is 3. The lowest BCUT2D eigenvalue weighted by atomic mass is 10.0. The molecule has 8 heteroatoms. The predicted molar refractivity (Wildman–Crippen MR) is 106 cm³/mol. The second kappa shape index (κ2) is 8.16. The molecule has 0 radical (unpaired) electrons. The number of ether oxygens (including phenoxy) is 1.